The summed E-state index contributed by atoms with van der Waals surface area (Å²) in [4.78, 5) is 36.6. The van der Waals surface area contributed by atoms with Gasteiger partial charge in [-0.15, -0.1) is 11.3 Å². The Labute approximate surface area is 176 Å². The van der Waals surface area contributed by atoms with Gasteiger partial charge in [0.25, 0.3) is 5.91 Å². The van der Waals surface area contributed by atoms with E-state index in [9.17, 15) is 14.7 Å². The number of ketones is 1. The van der Waals surface area contributed by atoms with Crippen molar-refractivity contribution >= 4 is 28.7 Å². The number of Topliss-reactive ketones (excluding diaryl/α,β-unsaturated/α-hetero) is 1. The largest absolute Gasteiger partial charge is 0.503 e. The van der Waals surface area contributed by atoms with E-state index in [-0.39, 0.29) is 5.57 Å². The fourth-order valence-electron chi connectivity index (χ4n) is 3.52. The number of aliphatic hydroxyl groups excluding tert-OH is 1. The maximum absolute atomic E-state index is 13.4. The summed E-state index contributed by atoms with van der Waals surface area (Å²) in [6.07, 6.45) is 3.15. The molecular formula is C22H16N4O3S. The Balaban J connectivity index is 1.87. The summed E-state index contributed by atoms with van der Waals surface area (Å²) in [5, 5.41) is 20.5. The topological polar surface area (TPSA) is 107 Å². The first-order chi connectivity index (χ1) is 14.4. The van der Waals surface area contributed by atoms with E-state index in [1.807, 2.05) is 6.07 Å². The lowest BCUT2D eigenvalue weighted by Gasteiger charge is -2.26. The van der Waals surface area contributed by atoms with Gasteiger partial charge in [0.1, 0.15) is 0 Å². The molecule has 4 rings (SSSR count). The summed E-state index contributed by atoms with van der Waals surface area (Å²) < 4.78 is 0. The number of hydrogen-bond acceptors (Lipinski definition) is 7. The SMILES string of the molecule is Cc1nc(C)c(C(=O)C2=C(O)C(=O)N(c3ccc(C#N)cc3)C2c2cccnc2)s1. The number of rotatable bonds is 4. The molecule has 1 N–H and O–H groups in total. The van der Waals surface area contributed by atoms with Crippen molar-refractivity contribution in [2.24, 2.45) is 0 Å². The van der Waals surface area contributed by atoms with Gasteiger partial charge in [0.15, 0.2) is 5.76 Å². The number of aryl methyl sites for hydroxylation is 2. The van der Waals surface area contributed by atoms with Gasteiger partial charge in [-0.25, -0.2) is 4.98 Å². The molecule has 0 bridgehead atoms. The van der Waals surface area contributed by atoms with Crippen LogP contribution in [0.25, 0.3) is 0 Å². The molecule has 1 atom stereocenters. The molecule has 7 nitrogen and oxygen atoms in total. The number of pyridine rings is 1. The number of thiazole rings is 1. The van der Waals surface area contributed by atoms with Crippen LogP contribution in [0.15, 0.2) is 60.1 Å². The van der Waals surface area contributed by atoms with E-state index >= 15 is 0 Å². The average molecular weight is 416 g/mol. The molecular weight excluding hydrogens is 400 g/mol. The zero-order valence-electron chi connectivity index (χ0n) is 16.2. The fraction of sp³-hybridized carbons (Fsp3) is 0.136. The van der Waals surface area contributed by atoms with Gasteiger partial charge in [0.05, 0.1) is 38.8 Å². The van der Waals surface area contributed by atoms with Crippen LogP contribution >= 0.6 is 11.3 Å². The molecule has 0 fully saturated rings. The molecule has 8 heteroatoms. The predicted molar refractivity (Wildman–Crippen MR) is 111 cm³/mol. The van der Waals surface area contributed by atoms with Crippen LogP contribution < -0.4 is 4.90 Å². The van der Waals surface area contributed by atoms with Gasteiger partial charge in [-0.1, -0.05) is 6.07 Å². The maximum atomic E-state index is 13.4. The number of carbonyl (C=O) groups excluding carboxylic acids is 2. The number of carbonyl (C=O) groups is 2. The zero-order valence-corrected chi connectivity index (χ0v) is 17.0. The van der Waals surface area contributed by atoms with Crippen molar-refractivity contribution in [3.05, 3.63) is 86.8 Å². The minimum atomic E-state index is -0.853. The van der Waals surface area contributed by atoms with E-state index in [2.05, 4.69) is 9.97 Å². The van der Waals surface area contributed by atoms with Crippen LogP contribution in [0.3, 0.4) is 0 Å². The van der Waals surface area contributed by atoms with Crippen LogP contribution in [0.4, 0.5) is 5.69 Å². The van der Waals surface area contributed by atoms with Gasteiger partial charge >= 0.3 is 0 Å². The number of aliphatic hydroxyl groups is 1. The molecule has 0 spiro atoms. The minimum Gasteiger partial charge on any atom is -0.503 e. The highest BCUT2D eigenvalue weighted by Crippen LogP contribution is 2.42. The van der Waals surface area contributed by atoms with Crippen molar-refractivity contribution in [3.63, 3.8) is 0 Å². The molecule has 1 aliphatic rings. The van der Waals surface area contributed by atoms with Gasteiger partial charge in [-0.05, 0) is 49.7 Å². The zero-order chi connectivity index (χ0) is 21.4. The maximum Gasteiger partial charge on any atom is 0.294 e. The Kier molecular flexibility index (Phi) is 4.90. The normalized spacial score (nSPS) is 16.1. The average Bonchev–Trinajstić information content (AvgIpc) is 3.24. The molecule has 1 unspecified atom stereocenters. The lowest BCUT2D eigenvalue weighted by atomic mass is 9.96. The molecule has 1 aliphatic heterocycles. The highest BCUT2D eigenvalue weighted by Gasteiger charge is 2.45. The van der Waals surface area contributed by atoms with Crippen LogP contribution in [0.2, 0.25) is 0 Å². The van der Waals surface area contributed by atoms with Gasteiger partial charge in [0.2, 0.25) is 5.78 Å². The van der Waals surface area contributed by atoms with E-state index in [1.165, 1.54) is 16.2 Å². The van der Waals surface area contributed by atoms with Gasteiger partial charge < -0.3 is 5.11 Å². The Hall–Kier alpha value is -3.83. The third-order valence-electron chi connectivity index (χ3n) is 4.84. The highest BCUT2D eigenvalue weighted by molar-refractivity contribution is 7.14. The highest BCUT2D eigenvalue weighted by atomic mass is 32.1. The Morgan fingerprint density at radius 2 is 1.97 bits per heavy atom. The van der Waals surface area contributed by atoms with Gasteiger partial charge in [0, 0.05) is 18.1 Å². The molecule has 148 valence electrons. The number of amides is 1. The number of anilines is 1. The van der Waals surface area contributed by atoms with Crippen LogP contribution in [0.5, 0.6) is 0 Å². The van der Waals surface area contributed by atoms with Crippen LogP contribution in [-0.2, 0) is 4.79 Å². The second-order valence-electron chi connectivity index (χ2n) is 6.76. The minimum absolute atomic E-state index is 0.0101. The van der Waals surface area contributed by atoms with E-state index in [0.717, 1.165) is 5.01 Å². The number of aromatic nitrogens is 2. The molecule has 3 aromatic rings. The Morgan fingerprint density at radius 1 is 1.23 bits per heavy atom. The second-order valence-corrected chi connectivity index (χ2v) is 7.96. The first-order valence-corrected chi connectivity index (χ1v) is 9.89. The Morgan fingerprint density at radius 3 is 2.53 bits per heavy atom. The van der Waals surface area contributed by atoms with Crippen LogP contribution in [0, 0.1) is 25.2 Å². The van der Waals surface area contributed by atoms with E-state index < -0.39 is 23.5 Å². The molecule has 30 heavy (non-hydrogen) atoms. The fourth-order valence-corrected chi connectivity index (χ4v) is 4.39. The predicted octanol–water partition coefficient (Wildman–Crippen LogP) is 3.81. The smallest absolute Gasteiger partial charge is 0.294 e. The van der Waals surface area contributed by atoms with E-state index in [4.69, 9.17) is 5.26 Å². The molecule has 0 saturated carbocycles. The molecule has 0 radical (unpaired) electrons. The van der Waals surface area contributed by atoms with Crippen molar-refractivity contribution in [2.45, 2.75) is 19.9 Å². The first-order valence-electron chi connectivity index (χ1n) is 9.08. The lowest BCUT2D eigenvalue weighted by Crippen LogP contribution is -2.31. The molecule has 1 aromatic carbocycles. The molecule has 0 saturated heterocycles. The third-order valence-corrected chi connectivity index (χ3v) is 5.91. The van der Waals surface area contributed by atoms with Crippen molar-refractivity contribution in [1.82, 2.24) is 9.97 Å². The van der Waals surface area contributed by atoms with Gasteiger partial charge in [-0.3, -0.25) is 19.5 Å². The number of nitrogens with zero attached hydrogens (tertiary/aromatic N) is 4. The van der Waals surface area contributed by atoms with Crippen molar-refractivity contribution in [3.8, 4) is 6.07 Å². The summed E-state index contributed by atoms with van der Waals surface area (Å²) >= 11 is 1.22. The van der Waals surface area contributed by atoms with Crippen LogP contribution in [-0.4, -0.2) is 26.8 Å². The molecule has 0 aliphatic carbocycles. The summed E-state index contributed by atoms with van der Waals surface area (Å²) in [5.41, 5.74) is 2.02. The number of nitriles is 1. The summed E-state index contributed by atoms with van der Waals surface area (Å²) in [6.45, 7) is 3.52. The summed E-state index contributed by atoms with van der Waals surface area (Å²) in [5.74, 6) is -1.71. The number of hydrogen-bond donors (Lipinski definition) is 1. The lowest BCUT2D eigenvalue weighted by molar-refractivity contribution is -0.117. The van der Waals surface area contributed by atoms with Crippen LogP contribution in [0.1, 0.15) is 37.5 Å². The molecule has 1 amide bonds. The van der Waals surface area contributed by atoms with Crippen molar-refractivity contribution in [2.75, 3.05) is 4.90 Å². The first kappa shape index (κ1) is 19.5. The quantitative estimate of drug-likeness (QED) is 0.648. The third kappa shape index (κ3) is 3.15. The summed E-state index contributed by atoms with van der Waals surface area (Å²) in [7, 11) is 0. The van der Waals surface area contributed by atoms with Crippen molar-refractivity contribution in [1.29, 1.82) is 5.26 Å². The van der Waals surface area contributed by atoms with E-state index in [0.29, 0.717) is 27.4 Å². The standard InChI is InChI=1S/C22H16N4O3S/c1-12-21(30-13(2)25-12)19(27)17-18(15-4-3-9-24-11-15)26(22(29)20(17)28)16-7-5-14(10-23)6-8-16/h3-9,11,18,28H,1-2H3. The number of benzene rings is 1. The van der Waals surface area contributed by atoms with Crippen molar-refractivity contribution < 1.29 is 14.7 Å². The molecule has 2 aromatic heterocycles. The molecule has 3 heterocycles. The van der Waals surface area contributed by atoms with Gasteiger partial charge in [-0.2, -0.15) is 5.26 Å². The monoisotopic (exact) mass is 416 g/mol. The summed E-state index contributed by atoms with van der Waals surface area (Å²) in [6, 6.07) is 11.0. The Bertz CT molecular complexity index is 1220. The van der Waals surface area contributed by atoms with E-state index in [1.54, 1.807) is 62.6 Å². The second kappa shape index (κ2) is 7.54.